The van der Waals surface area contributed by atoms with E-state index in [1.165, 1.54) is 12.0 Å². The number of ether oxygens (including phenoxy) is 1. The Labute approximate surface area is 199 Å². The number of quaternary nitrogens is 1. The fraction of sp³-hybridized carbons (Fsp3) is 0.333. The Hall–Kier alpha value is -3.58. The van der Waals surface area contributed by atoms with Gasteiger partial charge < -0.3 is 24.1 Å². The first-order valence-electron chi connectivity index (χ1n) is 11.4. The number of nitrogens with one attached hydrogen (secondary N) is 1. The Bertz CT molecular complexity index is 1250. The summed E-state index contributed by atoms with van der Waals surface area (Å²) in [5.41, 5.74) is 2.22. The lowest BCUT2D eigenvalue weighted by Gasteiger charge is -2.28. The first kappa shape index (κ1) is 23.6. The van der Waals surface area contributed by atoms with Crippen molar-refractivity contribution in [3.8, 4) is 5.75 Å². The molecule has 178 valence electrons. The highest BCUT2D eigenvalue weighted by atomic mass is 16.5. The van der Waals surface area contributed by atoms with Gasteiger partial charge in [0.15, 0.2) is 17.1 Å². The van der Waals surface area contributed by atoms with E-state index in [4.69, 9.17) is 9.15 Å². The summed E-state index contributed by atoms with van der Waals surface area (Å²) in [4.78, 5) is 29.3. The van der Waals surface area contributed by atoms with Gasteiger partial charge in [-0.05, 0) is 34.9 Å². The monoisotopic (exact) mass is 462 g/mol. The number of Topliss-reactive ketones (excluding diaryl/α,β-unsaturated/α-hetero) is 1. The van der Waals surface area contributed by atoms with Crippen LogP contribution in [0.4, 0.5) is 0 Å². The zero-order chi connectivity index (χ0) is 24.6. The van der Waals surface area contributed by atoms with Gasteiger partial charge in [0, 0.05) is 11.0 Å². The quantitative estimate of drug-likeness (QED) is 0.518. The summed E-state index contributed by atoms with van der Waals surface area (Å²) < 4.78 is 11.2. The highest BCUT2D eigenvalue weighted by molar-refractivity contribution is 6.15. The molecule has 0 bridgehead atoms. The summed E-state index contributed by atoms with van der Waals surface area (Å²) in [7, 11) is 5.48. The van der Waals surface area contributed by atoms with Gasteiger partial charge in [-0.1, -0.05) is 50.2 Å². The van der Waals surface area contributed by atoms with Gasteiger partial charge >= 0.3 is 0 Å². The second-order valence-corrected chi connectivity index (χ2v) is 9.24. The number of carbonyl (C=O) groups excluding carboxylic acids is 2. The molecule has 1 aliphatic heterocycles. The van der Waals surface area contributed by atoms with Gasteiger partial charge in [0.25, 0.3) is 0 Å². The zero-order valence-electron chi connectivity index (χ0n) is 20.2. The molecule has 0 fully saturated rings. The number of ketones is 1. The van der Waals surface area contributed by atoms with Crippen LogP contribution in [-0.2, 0) is 4.79 Å². The third-order valence-corrected chi connectivity index (χ3v) is 6.25. The number of hydrogen-bond acceptors (Lipinski definition) is 5. The number of furan rings is 1. The topological polar surface area (TPSA) is 87.2 Å². The summed E-state index contributed by atoms with van der Waals surface area (Å²) in [6, 6.07) is 13.9. The minimum absolute atomic E-state index is 0.0135. The Morgan fingerprint density at radius 2 is 1.88 bits per heavy atom. The predicted octanol–water partition coefficient (Wildman–Crippen LogP) is 2.09. The average Bonchev–Trinajstić information content (AvgIpc) is 3.36. The number of methoxy groups -OCH3 is 1. The minimum Gasteiger partial charge on any atom is -0.868 e. The predicted molar refractivity (Wildman–Crippen MR) is 127 cm³/mol. The number of para-hydroxylation sites is 1. The second-order valence-electron chi connectivity index (χ2n) is 9.24. The summed E-state index contributed by atoms with van der Waals surface area (Å²) >= 11 is 0. The first-order chi connectivity index (χ1) is 16.2. The van der Waals surface area contributed by atoms with Gasteiger partial charge in [0.05, 0.1) is 40.3 Å². The smallest absolute Gasteiger partial charge is 0.240 e. The molecule has 1 unspecified atom stereocenters. The highest BCUT2D eigenvalue weighted by Gasteiger charge is 2.40. The van der Waals surface area contributed by atoms with Crippen molar-refractivity contribution in [1.29, 1.82) is 0 Å². The normalized spacial score (nSPS) is 16.4. The summed E-state index contributed by atoms with van der Waals surface area (Å²) in [6.45, 7) is 5.19. The van der Waals surface area contributed by atoms with Crippen LogP contribution in [0.5, 0.6) is 5.75 Å². The molecule has 3 aromatic rings. The molecule has 1 amide bonds. The Balaban J connectivity index is 1.79. The van der Waals surface area contributed by atoms with Gasteiger partial charge in [-0.15, -0.1) is 0 Å². The van der Waals surface area contributed by atoms with Crippen LogP contribution in [0, 0.1) is 0 Å². The molecule has 0 spiro atoms. The van der Waals surface area contributed by atoms with Crippen molar-refractivity contribution in [1.82, 2.24) is 4.90 Å². The van der Waals surface area contributed by atoms with E-state index >= 15 is 0 Å². The molecular weight excluding hydrogens is 432 g/mol. The lowest BCUT2D eigenvalue weighted by molar-refractivity contribution is -0.857. The molecule has 1 aromatic heterocycles. The SMILES string of the molecule is COc1cccc2cc(C(=O)C3=C([O-])C(=O)N(CC[NH+](C)C)C3c3ccc(C(C)C)cc3)oc12. The van der Waals surface area contributed by atoms with Gasteiger partial charge in [-0.2, -0.15) is 0 Å². The number of carbonyl (C=O) groups is 2. The van der Waals surface area contributed by atoms with Crippen LogP contribution < -0.4 is 14.7 Å². The number of benzene rings is 2. The fourth-order valence-electron chi connectivity index (χ4n) is 4.30. The number of rotatable bonds is 8. The van der Waals surface area contributed by atoms with Crippen molar-refractivity contribution in [3.63, 3.8) is 0 Å². The molecule has 34 heavy (non-hydrogen) atoms. The Kier molecular flexibility index (Phi) is 6.48. The lowest BCUT2D eigenvalue weighted by atomic mass is 9.93. The van der Waals surface area contributed by atoms with E-state index in [2.05, 4.69) is 13.8 Å². The van der Waals surface area contributed by atoms with Crippen LogP contribution >= 0.6 is 0 Å². The van der Waals surface area contributed by atoms with Crippen LogP contribution in [0.25, 0.3) is 11.0 Å². The molecule has 7 heteroatoms. The first-order valence-corrected chi connectivity index (χ1v) is 11.4. The summed E-state index contributed by atoms with van der Waals surface area (Å²) in [5, 5.41) is 13.8. The van der Waals surface area contributed by atoms with Gasteiger partial charge in [-0.3, -0.25) is 9.59 Å². The molecule has 0 saturated heterocycles. The summed E-state index contributed by atoms with van der Waals surface area (Å²) in [5.74, 6) is -1.16. The highest BCUT2D eigenvalue weighted by Crippen LogP contribution is 2.39. The van der Waals surface area contributed by atoms with E-state index in [-0.39, 0.29) is 11.3 Å². The van der Waals surface area contributed by atoms with E-state index in [1.807, 2.05) is 38.4 Å². The van der Waals surface area contributed by atoms with E-state index in [1.54, 1.807) is 24.3 Å². The Morgan fingerprint density at radius 3 is 2.50 bits per heavy atom. The van der Waals surface area contributed by atoms with Crippen molar-refractivity contribution in [2.24, 2.45) is 0 Å². The molecule has 0 aliphatic carbocycles. The van der Waals surface area contributed by atoms with E-state index in [0.717, 1.165) is 16.0 Å². The molecule has 7 nitrogen and oxygen atoms in total. The Morgan fingerprint density at radius 1 is 1.18 bits per heavy atom. The number of nitrogens with zero attached hydrogens (tertiary/aromatic N) is 1. The minimum atomic E-state index is -0.774. The van der Waals surface area contributed by atoms with Crippen molar-refractivity contribution >= 4 is 22.7 Å². The fourth-order valence-corrected chi connectivity index (χ4v) is 4.30. The van der Waals surface area contributed by atoms with Gasteiger partial charge in [0.2, 0.25) is 11.7 Å². The van der Waals surface area contributed by atoms with E-state index in [9.17, 15) is 14.7 Å². The number of hydrogen-bond donors (Lipinski definition) is 1. The summed E-state index contributed by atoms with van der Waals surface area (Å²) in [6.07, 6.45) is 0. The molecule has 2 aromatic carbocycles. The molecule has 4 rings (SSSR count). The van der Waals surface area contributed by atoms with Crippen molar-refractivity contribution < 1.29 is 28.7 Å². The maximum absolute atomic E-state index is 13.6. The van der Waals surface area contributed by atoms with Crippen molar-refractivity contribution in [3.05, 3.63) is 76.8 Å². The zero-order valence-corrected chi connectivity index (χ0v) is 20.2. The molecule has 1 atom stereocenters. The van der Waals surface area contributed by atoms with Crippen LogP contribution in [-0.4, -0.2) is 50.9 Å². The second kappa shape index (κ2) is 9.35. The van der Waals surface area contributed by atoms with E-state index < -0.39 is 23.5 Å². The number of amides is 1. The van der Waals surface area contributed by atoms with Crippen molar-refractivity contribution in [2.45, 2.75) is 25.8 Å². The maximum Gasteiger partial charge on any atom is 0.240 e. The van der Waals surface area contributed by atoms with Crippen LogP contribution in [0.3, 0.4) is 0 Å². The standard InChI is InChI=1S/C27H30N2O5/c1-16(2)17-9-11-18(12-10-17)23-22(25(31)27(32)29(23)14-13-28(3)4)24(30)21-15-19-7-6-8-20(33-5)26(19)34-21/h6-12,15-16,23,31H,13-14H2,1-5H3. The largest absolute Gasteiger partial charge is 0.868 e. The van der Waals surface area contributed by atoms with Crippen molar-refractivity contribution in [2.75, 3.05) is 34.3 Å². The number of likely N-dealkylation sites (N-methyl/N-ethyl adjacent to an activating group) is 1. The van der Waals surface area contributed by atoms with Crippen LogP contribution in [0.2, 0.25) is 0 Å². The van der Waals surface area contributed by atoms with Crippen LogP contribution in [0.15, 0.2) is 64.3 Å². The van der Waals surface area contributed by atoms with Crippen LogP contribution in [0.1, 0.15) is 47.5 Å². The lowest BCUT2D eigenvalue weighted by Crippen LogP contribution is -3.06. The van der Waals surface area contributed by atoms with E-state index in [0.29, 0.717) is 35.7 Å². The molecule has 1 N–H and O–H groups in total. The maximum atomic E-state index is 13.6. The van der Waals surface area contributed by atoms with Gasteiger partial charge in [-0.25, -0.2) is 0 Å². The van der Waals surface area contributed by atoms with Gasteiger partial charge in [0.1, 0.15) is 0 Å². The molecule has 0 radical (unpaired) electrons. The third-order valence-electron chi connectivity index (χ3n) is 6.25. The molecule has 2 heterocycles. The third kappa shape index (κ3) is 4.19. The number of fused-ring (bicyclic) bond motifs is 1. The molecule has 1 aliphatic rings. The average molecular weight is 463 g/mol. The molecular formula is C27H30N2O5. The molecule has 0 saturated carbocycles.